The number of urea groups is 1. The number of amides is 2. The lowest BCUT2D eigenvalue weighted by atomic mass is 9.85. The highest BCUT2D eigenvalue weighted by molar-refractivity contribution is 5.89. The van der Waals surface area contributed by atoms with Crippen molar-refractivity contribution in [1.29, 1.82) is 0 Å². The summed E-state index contributed by atoms with van der Waals surface area (Å²) in [5.74, 6) is 1.11. The van der Waals surface area contributed by atoms with Gasteiger partial charge in [-0.2, -0.15) is 5.10 Å². The van der Waals surface area contributed by atoms with Crippen LogP contribution in [-0.2, 0) is 16.8 Å². The largest absolute Gasteiger partial charge is 0.384 e. The minimum Gasteiger partial charge on any atom is -0.384 e. The molecule has 0 aliphatic heterocycles. The average molecular weight is 525 g/mol. The lowest BCUT2D eigenvalue weighted by Gasteiger charge is -2.32. The Hall–Kier alpha value is -4.17. The van der Waals surface area contributed by atoms with E-state index in [0.717, 1.165) is 46.5 Å². The van der Waals surface area contributed by atoms with E-state index in [1.54, 1.807) is 10.9 Å². The molecular weight excluding hydrogens is 488 g/mol. The van der Waals surface area contributed by atoms with Crippen molar-refractivity contribution >= 4 is 17.7 Å². The monoisotopic (exact) mass is 524 g/mol. The number of nitrogens with two attached hydrogens (primary N) is 1. The number of nitrogen functional groups attached to an aromatic ring is 1. The lowest BCUT2D eigenvalue weighted by Crippen LogP contribution is -2.35. The van der Waals surface area contributed by atoms with Crippen molar-refractivity contribution in [2.45, 2.75) is 64.7 Å². The number of aromatic nitrogens is 3. The Morgan fingerprint density at radius 3 is 2.51 bits per heavy atom. The van der Waals surface area contributed by atoms with Gasteiger partial charge in [-0.05, 0) is 60.7 Å². The molecule has 2 aromatic heterocycles. The Bertz CT molecular complexity index is 1450. The molecule has 2 aromatic carbocycles. The summed E-state index contributed by atoms with van der Waals surface area (Å²) in [5, 5.41) is 11.1. The molecule has 8 heteroatoms. The molecule has 0 saturated heterocycles. The van der Waals surface area contributed by atoms with Gasteiger partial charge in [0.2, 0.25) is 0 Å². The Labute approximate surface area is 229 Å². The fraction of sp³-hybridized carbons (Fsp3) is 0.323. The van der Waals surface area contributed by atoms with Crippen LogP contribution in [0.1, 0.15) is 73.7 Å². The number of hydrogen-bond donors (Lipinski definition) is 3. The molecule has 0 spiro atoms. The summed E-state index contributed by atoms with van der Waals surface area (Å²) in [7, 11) is 0. The van der Waals surface area contributed by atoms with Crippen LogP contribution < -0.4 is 16.4 Å². The summed E-state index contributed by atoms with van der Waals surface area (Å²) < 4.78 is 8.08. The topological polar surface area (TPSA) is 107 Å². The van der Waals surface area contributed by atoms with Crippen molar-refractivity contribution < 1.29 is 9.53 Å². The van der Waals surface area contributed by atoms with E-state index in [2.05, 4.69) is 48.5 Å². The van der Waals surface area contributed by atoms with Gasteiger partial charge in [0.1, 0.15) is 11.6 Å². The highest BCUT2D eigenvalue weighted by atomic mass is 16.5. The zero-order valence-corrected chi connectivity index (χ0v) is 22.9. The van der Waals surface area contributed by atoms with E-state index < -0.39 is 0 Å². The first kappa shape index (κ1) is 26.4. The highest BCUT2D eigenvalue weighted by Crippen LogP contribution is 2.38. The second kappa shape index (κ2) is 10.9. The van der Waals surface area contributed by atoms with Crippen molar-refractivity contribution in [2.75, 3.05) is 11.1 Å². The molecule has 0 bridgehead atoms. The van der Waals surface area contributed by atoms with Gasteiger partial charge in [-0.25, -0.2) is 14.5 Å². The number of carbonyl (C=O) groups is 1. The van der Waals surface area contributed by atoms with Crippen LogP contribution in [0.5, 0.6) is 0 Å². The first-order chi connectivity index (χ1) is 18.7. The van der Waals surface area contributed by atoms with Gasteiger partial charge in [-0.15, -0.1) is 0 Å². The van der Waals surface area contributed by atoms with Crippen molar-refractivity contribution in [3.63, 3.8) is 0 Å². The molecule has 2 heterocycles. The molecular formula is C31H36N6O2. The Balaban J connectivity index is 1.32. The molecule has 5 rings (SSSR count). The van der Waals surface area contributed by atoms with E-state index in [9.17, 15) is 4.79 Å². The molecule has 202 valence electrons. The molecule has 2 unspecified atom stereocenters. The van der Waals surface area contributed by atoms with Gasteiger partial charge < -0.3 is 15.8 Å². The Morgan fingerprint density at radius 1 is 1.05 bits per heavy atom. The molecule has 0 radical (unpaired) electrons. The number of pyridine rings is 1. The van der Waals surface area contributed by atoms with Gasteiger partial charge in [0.05, 0.1) is 30.1 Å². The van der Waals surface area contributed by atoms with E-state index in [1.807, 2.05) is 61.5 Å². The highest BCUT2D eigenvalue weighted by Gasteiger charge is 2.29. The Kier molecular flexibility index (Phi) is 7.39. The number of aryl methyl sites for hydroxylation is 1. The zero-order valence-electron chi connectivity index (χ0n) is 22.9. The second-order valence-corrected chi connectivity index (χ2v) is 11.2. The summed E-state index contributed by atoms with van der Waals surface area (Å²) in [6.45, 7) is 8.83. The summed E-state index contributed by atoms with van der Waals surface area (Å²) in [5.41, 5.74) is 11.8. The maximum Gasteiger partial charge on any atom is 0.320 e. The van der Waals surface area contributed by atoms with E-state index in [4.69, 9.17) is 15.6 Å². The number of rotatable bonds is 6. The number of nitrogens with one attached hydrogen (secondary N) is 2. The normalized spacial score (nSPS) is 16.9. The first-order valence-electron chi connectivity index (χ1n) is 13.3. The predicted molar refractivity (Wildman–Crippen MR) is 154 cm³/mol. The van der Waals surface area contributed by atoms with Gasteiger partial charge in [0, 0.05) is 17.7 Å². The molecule has 0 saturated carbocycles. The molecule has 1 aliphatic carbocycles. The minimum atomic E-state index is -0.268. The number of ether oxygens (including phenoxy) is 1. The van der Waals surface area contributed by atoms with Gasteiger partial charge in [-0.1, -0.05) is 62.7 Å². The lowest BCUT2D eigenvalue weighted by molar-refractivity contribution is 0.0249. The average Bonchev–Trinajstić information content (AvgIpc) is 3.33. The molecule has 4 aromatic rings. The third kappa shape index (κ3) is 6.12. The molecule has 1 aliphatic rings. The smallest absolute Gasteiger partial charge is 0.320 e. The predicted octanol–water partition coefficient (Wildman–Crippen LogP) is 6.37. The van der Waals surface area contributed by atoms with Crippen LogP contribution in [0.15, 0.2) is 72.9 Å². The molecule has 39 heavy (non-hydrogen) atoms. The molecule has 8 nitrogen and oxygen atoms in total. The number of anilines is 2. The van der Waals surface area contributed by atoms with Gasteiger partial charge in [0.15, 0.2) is 0 Å². The number of carbonyl (C=O) groups excluding carboxylic acids is 1. The fourth-order valence-electron chi connectivity index (χ4n) is 4.88. The van der Waals surface area contributed by atoms with E-state index in [-0.39, 0.29) is 23.6 Å². The Morgan fingerprint density at radius 2 is 1.79 bits per heavy atom. The number of benzene rings is 2. The van der Waals surface area contributed by atoms with Crippen molar-refractivity contribution in [2.24, 2.45) is 0 Å². The number of fused-ring (bicyclic) bond motifs is 1. The number of hydrogen-bond acceptors (Lipinski definition) is 5. The molecule has 2 amide bonds. The maximum absolute atomic E-state index is 13.3. The van der Waals surface area contributed by atoms with Crippen LogP contribution in [0.2, 0.25) is 0 Å². The van der Waals surface area contributed by atoms with E-state index >= 15 is 0 Å². The second-order valence-electron chi connectivity index (χ2n) is 11.2. The molecule has 0 fully saturated rings. The van der Waals surface area contributed by atoms with Crippen molar-refractivity contribution in [3.05, 3.63) is 101 Å². The SMILES string of the molecule is Cc1ccc(-n2nc(C(C)(C)C)cc2NC(=O)NC2CCC(OCc3ccnc(N)c3)c3ccccc32)cc1. The summed E-state index contributed by atoms with van der Waals surface area (Å²) in [6.07, 6.45) is 3.18. The maximum atomic E-state index is 13.3. The van der Waals surface area contributed by atoms with Crippen LogP contribution in [0.25, 0.3) is 5.69 Å². The summed E-state index contributed by atoms with van der Waals surface area (Å²) in [4.78, 5) is 17.3. The van der Waals surface area contributed by atoms with Gasteiger partial charge >= 0.3 is 6.03 Å². The van der Waals surface area contributed by atoms with Crippen LogP contribution in [-0.4, -0.2) is 20.8 Å². The van der Waals surface area contributed by atoms with Crippen molar-refractivity contribution in [3.8, 4) is 5.69 Å². The van der Waals surface area contributed by atoms with Gasteiger partial charge in [-0.3, -0.25) is 5.32 Å². The summed E-state index contributed by atoms with van der Waals surface area (Å²) >= 11 is 0. The van der Waals surface area contributed by atoms with Gasteiger partial charge in [0.25, 0.3) is 0 Å². The quantitative estimate of drug-likeness (QED) is 0.272. The summed E-state index contributed by atoms with van der Waals surface area (Å²) in [6, 6.07) is 21.5. The van der Waals surface area contributed by atoms with E-state index in [0.29, 0.717) is 18.2 Å². The van der Waals surface area contributed by atoms with Crippen LogP contribution in [0, 0.1) is 6.92 Å². The first-order valence-corrected chi connectivity index (χ1v) is 13.3. The third-order valence-corrected chi connectivity index (χ3v) is 7.04. The zero-order chi connectivity index (χ0) is 27.6. The molecule has 4 N–H and O–H groups in total. The number of nitrogens with zero attached hydrogens (tertiary/aromatic N) is 3. The standard InChI is InChI=1S/C31H36N6O2/c1-20-9-11-22(12-10-20)37-29(18-27(36-37)31(2,3)4)35-30(38)34-25-13-14-26(24-8-6-5-7-23(24)25)39-19-21-15-16-33-28(32)17-21/h5-12,15-18,25-26H,13-14,19H2,1-4H3,(H2,32,33)(H2,34,35,38). The van der Waals surface area contributed by atoms with E-state index in [1.165, 1.54) is 0 Å². The van der Waals surface area contributed by atoms with Crippen molar-refractivity contribution in [1.82, 2.24) is 20.1 Å². The minimum absolute atomic E-state index is 0.0611. The third-order valence-electron chi connectivity index (χ3n) is 7.04. The fourth-order valence-corrected chi connectivity index (χ4v) is 4.88. The van der Waals surface area contributed by atoms with Crippen LogP contribution >= 0.6 is 0 Å². The van der Waals surface area contributed by atoms with Crippen LogP contribution in [0.3, 0.4) is 0 Å². The van der Waals surface area contributed by atoms with Crippen LogP contribution in [0.4, 0.5) is 16.4 Å². The molecule has 2 atom stereocenters.